The van der Waals surface area contributed by atoms with Crippen LogP contribution in [0.3, 0.4) is 0 Å². The van der Waals surface area contributed by atoms with Gasteiger partial charge in [0.25, 0.3) is 0 Å². The summed E-state index contributed by atoms with van der Waals surface area (Å²) >= 11 is 0. The van der Waals surface area contributed by atoms with Gasteiger partial charge in [0.05, 0.1) is 12.3 Å². The second-order valence-corrected chi connectivity index (χ2v) is 2.09. The lowest BCUT2D eigenvalue weighted by Gasteiger charge is -1.83. The first kappa shape index (κ1) is 5.49. The molecule has 2 rings (SSSR count). The largest absolute Gasteiger partial charge is 0.390 e. The molecular formula is C6H7N3O. The summed E-state index contributed by atoms with van der Waals surface area (Å²) in [5, 5.41) is 11.6. The van der Waals surface area contributed by atoms with Gasteiger partial charge in [0, 0.05) is 18.5 Å². The highest BCUT2D eigenvalue weighted by Crippen LogP contribution is 2.02. The third-order valence-corrected chi connectivity index (χ3v) is 1.41. The van der Waals surface area contributed by atoms with E-state index in [-0.39, 0.29) is 6.61 Å². The van der Waals surface area contributed by atoms with Gasteiger partial charge in [0.2, 0.25) is 0 Å². The Morgan fingerprint density at radius 2 is 2.60 bits per heavy atom. The quantitative estimate of drug-likeness (QED) is 0.588. The van der Waals surface area contributed by atoms with Crippen molar-refractivity contribution >= 4 is 5.65 Å². The van der Waals surface area contributed by atoms with Crippen LogP contribution in [-0.2, 0) is 6.61 Å². The van der Waals surface area contributed by atoms with Crippen LogP contribution in [-0.4, -0.2) is 19.7 Å². The van der Waals surface area contributed by atoms with Crippen LogP contribution in [0.4, 0.5) is 0 Å². The van der Waals surface area contributed by atoms with E-state index in [1.165, 1.54) is 0 Å². The number of fused-ring (bicyclic) bond motifs is 1. The summed E-state index contributed by atoms with van der Waals surface area (Å²) < 4.78 is 1.76. The summed E-state index contributed by atoms with van der Waals surface area (Å²) in [5.41, 5.74) is 1.62. The van der Waals surface area contributed by atoms with Crippen molar-refractivity contribution in [3.8, 4) is 0 Å². The zero-order valence-electron chi connectivity index (χ0n) is 5.28. The number of rotatable bonds is 1. The standard InChI is InChI=1S/C6H7N3O/c10-4-5-3-6-7-1-2-9(6)8-5/h1-3,8,10H,4H2. The summed E-state index contributed by atoms with van der Waals surface area (Å²) in [4.78, 5) is 4.01. The molecule has 4 nitrogen and oxygen atoms in total. The van der Waals surface area contributed by atoms with E-state index >= 15 is 0 Å². The molecule has 0 aliphatic heterocycles. The monoisotopic (exact) mass is 137 g/mol. The number of aromatic amines is 1. The number of nitrogens with zero attached hydrogens (tertiary/aromatic N) is 2. The Morgan fingerprint density at radius 3 is 3.30 bits per heavy atom. The summed E-state index contributed by atoms with van der Waals surface area (Å²) in [6.45, 7) is 0.0311. The molecular weight excluding hydrogens is 130 g/mol. The topological polar surface area (TPSA) is 53.3 Å². The molecule has 0 aliphatic rings. The summed E-state index contributed by atoms with van der Waals surface area (Å²) in [6.07, 6.45) is 3.50. The number of aliphatic hydroxyl groups excluding tert-OH is 1. The molecule has 0 saturated carbocycles. The van der Waals surface area contributed by atoms with E-state index in [0.717, 1.165) is 11.3 Å². The molecule has 0 bridgehead atoms. The molecule has 0 fully saturated rings. The minimum absolute atomic E-state index is 0.0311. The molecule has 4 heteroatoms. The van der Waals surface area contributed by atoms with E-state index in [0.29, 0.717) is 0 Å². The number of hydrogen-bond donors (Lipinski definition) is 2. The fraction of sp³-hybridized carbons (Fsp3) is 0.167. The van der Waals surface area contributed by atoms with Crippen molar-refractivity contribution in [1.82, 2.24) is 14.6 Å². The maximum Gasteiger partial charge on any atom is 0.153 e. The highest BCUT2D eigenvalue weighted by molar-refractivity contribution is 5.38. The van der Waals surface area contributed by atoms with Crippen LogP contribution in [0.5, 0.6) is 0 Å². The molecule has 0 unspecified atom stereocenters. The lowest BCUT2D eigenvalue weighted by atomic mass is 10.5. The molecule has 2 aromatic rings. The Labute approximate surface area is 57.1 Å². The highest BCUT2D eigenvalue weighted by atomic mass is 16.3. The SMILES string of the molecule is OCc1cc2nccn2[nH]1. The Bertz CT molecular complexity index is 307. The van der Waals surface area contributed by atoms with E-state index in [9.17, 15) is 0 Å². The van der Waals surface area contributed by atoms with Crippen LogP contribution < -0.4 is 0 Å². The van der Waals surface area contributed by atoms with Gasteiger partial charge in [0.1, 0.15) is 0 Å². The molecule has 0 saturated heterocycles. The van der Waals surface area contributed by atoms with Crippen molar-refractivity contribution in [2.24, 2.45) is 0 Å². The van der Waals surface area contributed by atoms with Crippen molar-refractivity contribution in [2.75, 3.05) is 0 Å². The predicted octanol–water partition coefficient (Wildman–Crippen LogP) is 0.155. The van der Waals surface area contributed by atoms with Crippen molar-refractivity contribution in [2.45, 2.75) is 6.61 Å². The van der Waals surface area contributed by atoms with Gasteiger partial charge in [-0.15, -0.1) is 0 Å². The van der Waals surface area contributed by atoms with Gasteiger partial charge in [-0.2, -0.15) is 0 Å². The number of aromatic nitrogens is 3. The lowest BCUT2D eigenvalue weighted by Crippen LogP contribution is -1.84. The van der Waals surface area contributed by atoms with E-state index < -0.39 is 0 Å². The molecule has 0 aromatic carbocycles. The highest BCUT2D eigenvalue weighted by Gasteiger charge is 1.97. The molecule has 10 heavy (non-hydrogen) atoms. The van der Waals surface area contributed by atoms with Crippen LogP contribution in [0.1, 0.15) is 5.69 Å². The fourth-order valence-corrected chi connectivity index (χ4v) is 0.940. The van der Waals surface area contributed by atoms with Gasteiger partial charge in [-0.3, -0.25) is 5.10 Å². The van der Waals surface area contributed by atoms with Gasteiger partial charge in [-0.25, -0.2) is 9.50 Å². The zero-order chi connectivity index (χ0) is 6.97. The lowest BCUT2D eigenvalue weighted by molar-refractivity contribution is 0.276. The smallest absolute Gasteiger partial charge is 0.153 e. The Balaban J connectivity index is 2.67. The molecule has 2 heterocycles. The molecule has 0 amide bonds. The van der Waals surface area contributed by atoms with Gasteiger partial charge in [0.15, 0.2) is 5.65 Å². The van der Waals surface area contributed by atoms with Gasteiger partial charge in [-0.05, 0) is 0 Å². The van der Waals surface area contributed by atoms with E-state index in [2.05, 4.69) is 10.1 Å². The van der Waals surface area contributed by atoms with Crippen LogP contribution in [0, 0.1) is 0 Å². The number of H-pyrrole nitrogens is 1. The summed E-state index contributed by atoms with van der Waals surface area (Å²) in [7, 11) is 0. The van der Waals surface area contributed by atoms with Crippen molar-refractivity contribution in [3.63, 3.8) is 0 Å². The molecule has 0 aliphatic carbocycles. The number of hydrogen-bond acceptors (Lipinski definition) is 2. The molecule has 52 valence electrons. The first-order valence-electron chi connectivity index (χ1n) is 3.02. The second kappa shape index (κ2) is 1.85. The molecule has 2 N–H and O–H groups in total. The van der Waals surface area contributed by atoms with Crippen LogP contribution in [0.25, 0.3) is 5.65 Å². The van der Waals surface area contributed by atoms with Crippen molar-refractivity contribution < 1.29 is 5.11 Å². The van der Waals surface area contributed by atoms with E-state index in [4.69, 9.17) is 5.11 Å². The van der Waals surface area contributed by atoms with Crippen LogP contribution >= 0.6 is 0 Å². The van der Waals surface area contributed by atoms with Crippen LogP contribution in [0.2, 0.25) is 0 Å². The normalized spacial score (nSPS) is 10.9. The average molecular weight is 137 g/mol. The van der Waals surface area contributed by atoms with Crippen molar-refractivity contribution in [1.29, 1.82) is 0 Å². The molecule has 0 atom stereocenters. The first-order valence-corrected chi connectivity index (χ1v) is 3.02. The molecule has 2 aromatic heterocycles. The summed E-state index contributed by atoms with van der Waals surface area (Å²) in [5.74, 6) is 0. The van der Waals surface area contributed by atoms with E-state index in [1.807, 2.05) is 0 Å². The fourth-order valence-electron chi connectivity index (χ4n) is 0.940. The third-order valence-electron chi connectivity index (χ3n) is 1.41. The maximum atomic E-state index is 8.68. The molecule has 0 radical (unpaired) electrons. The Morgan fingerprint density at radius 1 is 1.70 bits per heavy atom. The van der Waals surface area contributed by atoms with Gasteiger partial charge < -0.3 is 5.11 Å². The predicted molar refractivity (Wildman–Crippen MR) is 35.5 cm³/mol. The Kier molecular flexibility index (Phi) is 1.01. The van der Waals surface area contributed by atoms with Crippen molar-refractivity contribution in [3.05, 3.63) is 24.2 Å². The first-order chi connectivity index (χ1) is 4.90. The Hall–Kier alpha value is -1.29. The maximum absolute atomic E-state index is 8.68. The average Bonchev–Trinajstić information content (AvgIpc) is 2.42. The number of aliphatic hydroxyl groups is 1. The van der Waals surface area contributed by atoms with Gasteiger partial charge in [-0.1, -0.05) is 0 Å². The van der Waals surface area contributed by atoms with E-state index in [1.54, 1.807) is 23.0 Å². The second-order valence-electron chi connectivity index (χ2n) is 2.09. The van der Waals surface area contributed by atoms with Crippen LogP contribution in [0.15, 0.2) is 18.5 Å². The minimum Gasteiger partial charge on any atom is -0.390 e. The number of nitrogens with one attached hydrogen (secondary N) is 1. The number of imidazole rings is 1. The zero-order valence-corrected chi connectivity index (χ0v) is 5.28. The molecule has 0 spiro atoms. The minimum atomic E-state index is 0.0311. The van der Waals surface area contributed by atoms with Gasteiger partial charge >= 0.3 is 0 Å². The third kappa shape index (κ3) is 0.625. The summed E-state index contributed by atoms with van der Waals surface area (Å²) in [6, 6.07) is 1.81.